The highest BCUT2D eigenvalue weighted by Crippen LogP contribution is 2.21. The monoisotopic (exact) mass is 328 g/mol. The van der Waals surface area contributed by atoms with Crippen LogP contribution in [0.1, 0.15) is 19.4 Å². The number of rotatable bonds is 7. The number of carbonyl (C=O) groups is 2. The van der Waals surface area contributed by atoms with Gasteiger partial charge in [-0.3, -0.25) is 9.59 Å². The van der Waals surface area contributed by atoms with E-state index in [-0.39, 0.29) is 23.9 Å². The van der Waals surface area contributed by atoms with Gasteiger partial charge in [0.15, 0.2) is 0 Å². The third kappa shape index (κ3) is 4.28. The molecule has 0 saturated carbocycles. The highest BCUT2D eigenvalue weighted by Gasteiger charge is 2.33. The number of hydrogen-bond donors (Lipinski definition) is 2. The first kappa shape index (κ1) is 18.1. The summed E-state index contributed by atoms with van der Waals surface area (Å²) in [5, 5.41) is 11.6. The predicted octanol–water partition coefficient (Wildman–Crippen LogP) is 0.595. The molecule has 0 aliphatic heterocycles. The van der Waals surface area contributed by atoms with Gasteiger partial charge in [0.25, 0.3) is 0 Å². The number of sulfonamides is 1. The number of benzene rings is 1. The highest BCUT2D eigenvalue weighted by molar-refractivity contribution is 7.89. The number of amides is 1. The van der Waals surface area contributed by atoms with Crippen molar-refractivity contribution in [1.29, 1.82) is 0 Å². The van der Waals surface area contributed by atoms with Crippen molar-refractivity contribution in [1.82, 2.24) is 9.62 Å². The lowest BCUT2D eigenvalue weighted by Crippen LogP contribution is -2.46. The summed E-state index contributed by atoms with van der Waals surface area (Å²) in [5.41, 5.74) is 0.532. The lowest BCUT2D eigenvalue weighted by atomic mass is 10.2. The Balaban J connectivity index is 3.16. The fraction of sp³-hybridized carbons (Fsp3) is 0.429. The molecule has 0 bridgehead atoms. The molecule has 1 aromatic rings. The van der Waals surface area contributed by atoms with Crippen LogP contribution in [0.2, 0.25) is 0 Å². The van der Waals surface area contributed by atoms with Crippen molar-refractivity contribution in [3.63, 3.8) is 0 Å². The zero-order chi connectivity index (χ0) is 16.9. The highest BCUT2D eigenvalue weighted by atomic mass is 32.2. The molecule has 122 valence electrons. The Morgan fingerprint density at radius 1 is 1.32 bits per heavy atom. The summed E-state index contributed by atoms with van der Waals surface area (Å²) in [4.78, 5) is 22.2. The molecule has 1 rings (SSSR count). The van der Waals surface area contributed by atoms with E-state index in [9.17, 15) is 18.0 Å². The first-order chi connectivity index (χ1) is 10.2. The maximum Gasteiger partial charge on any atom is 0.321 e. The molecule has 1 atom stereocenters. The molecular formula is C14H20N2O5S. The van der Waals surface area contributed by atoms with Crippen molar-refractivity contribution in [3.05, 3.63) is 29.8 Å². The van der Waals surface area contributed by atoms with Gasteiger partial charge in [-0.1, -0.05) is 18.2 Å². The second-order valence-corrected chi connectivity index (χ2v) is 6.74. The van der Waals surface area contributed by atoms with Crippen LogP contribution in [0.3, 0.4) is 0 Å². The van der Waals surface area contributed by atoms with Crippen LogP contribution in [0, 0.1) is 6.92 Å². The minimum absolute atomic E-state index is 0.0397. The van der Waals surface area contributed by atoms with Gasteiger partial charge in [-0.15, -0.1) is 0 Å². The Bertz CT molecular complexity index is 657. The first-order valence-corrected chi connectivity index (χ1v) is 8.16. The number of carboxylic acid groups (broad SMARTS) is 1. The number of aliphatic carboxylic acids is 1. The number of aryl methyl sites for hydroxylation is 1. The van der Waals surface area contributed by atoms with Gasteiger partial charge >= 0.3 is 5.97 Å². The minimum Gasteiger partial charge on any atom is -0.480 e. The summed E-state index contributed by atoms with van der Waals surface area (Å²) < 4.78 is 26.3. The van der Waals surface area contributed by atoms with Crippen molar-refractivity contribution in [2.45, 2.75) is 31.7 Å². The summed E-state index contributed by atoms with van der Waals surface area (Å²) >= 11 is 0. The third-order valence-corrected chi connectivity index (χ3v) is 5.31. The molecule has 7 nitrogen and oxygen atoms in total. The van der Waals surface area contributed by atoms with Gasteiger partial charge in [-0.25, -0.2) is 8.42 Å². The average molecular weight is 328 g/mol. The predicted molar refractivity (Wildman–Crippen MR) is 80.9 cm³/mol. The smallest absolute Gasteiger partial charge is 0.321 e. The Morgan fingerprint density at radius 2 is 1.91 bits per heavy atom. The zero-order valence-corrected chi connectivity index (χ0v) is 13.6. The number of hydrogen-bond acceptors (Lipinski definition) is 4. The molecule has 0 heterocycles. The molecule has 1 aromatic carbocycles. The number of nitrogens with one attached hydrogen (secondary N) is 1. The van der Waals surface area contributed by atoms with Crippen LogP contribution in [-0.4, -0.2) is 48.8 Å². The van der Waals surface area contributed by atoms with Crippen LogP contribution < -0.4 is 5.32 Å². The van der Waals surface area contributed by atoms with E-state index >= 15 is 0 Å². The van der Waals surface area contributed by atoms with Crippen LogP contribution in [0.15, 0.2) is 29.2 Å². The Kier molecular flexibility index (Phi) is 6.07. The van der Waals surface area contributed by atoms with E-state index in [0.717, 1.165) is 4.31 Å². The SMILES string of the molecule is CC(=O)NCCN(C(C)C(=O)O)S(=O)(=O)c1ccccc1C. The van der Waals surface area contributed by atoms with Crippen molar-refractivity contribution < 1.29 is 23.1 Å². The fourth-order valence-electron chi connectivity index (χ4n) is 1.96. The van der Waals surface area contributed by atoms with Crippen LogP contribution >= 0.6 is 0 Å². The second kappa shape index (κ2) is 7.37. The summed E-state index contributed by atoms with van der Waals surface area (Å²) in [6, 6.07) is 5.13. The minimum atomic E-state index is -3.97. The molecule has 0 fully saturated rings. The van der Waals surface area contributed by atoms with Gasteiger partial charge in [-0.05, 0) is 25.5 Å². The molecule has 22 heavy (non-hydrogen) atoms. The van der Waals surface area contributed by atoms with Crippen molar-refractivity contribution >= 4 is 21.9 Å². The second-order valence-electron chi connectivity index (χ2n) is 4.88. The maximum atomic E-state index is 12.7. The number of carbonyl (C=O) groups excluding carboxylic acids is 1. The van der Waals surface area contributed by atoms with Crippen molar-refractivity contribution in [2.24, 2.45) is 0 Å². The molecular weight excluding hydrogens is 308 g/mol. The maximum absolute atomic E-state index is 12.7. The van der Waals surface area contributed by atoms with E-state index < -0.39 is 22.0 Å². The summed E-state index contributed by atoms with van der Waals surface area (Å²) in [6.45, 7) is 4.17. The molecule has 0 saturated heterocycles. The quantitative estimate of drug-likeness (QED) is 0.762. The molecule has 0 spiro atoms. The van der Waals surface area contributed by atoms with Gasteiger partial charge in [0.1, 0.15) is 6.04 Å². The fourth-order valence-corrected chi connectivity index (χ4v) is 3.78. The Hall–Kier alpha value is -1.93. The average Bonchev–Trinajstić information content (AvgIpc) is 2.42. The van der Waals surface area contributed by atoms with Crippen LogP contribution in [0.4, 0.5) is 0 Å². The van der Waals surface area contributed by atoms with Crippen molar-refractivity contribution in [2.75, 3.05) is 13.1 Å². The first-order valence-electron chi connectivity index (χ1n) is 6.72. The molecule has 1 unspecified atom stereocenters. The third-order valence-electron chi connectivity index (χ3n) is 3.18. The molecule has 0 aromatic heterocycles. The summed E-state index contributed by atoms with van der Waals surface area (Å²) in [5.74, 6) is -1.56. The Labute approximate surface area is 130 Å². The topological polar surface area (TPSA) is 104 Å². The van der Waals surface area contributed by atoms with Gasteiger partial charge in [-0.2, -0.15) is 4.31 Å². The zero-order valence-electron chi connectivity index (χ0n) is 12.7. The normalized spacial score (nSPS) is 12.9. The van der Waals surface area contributed by atoms with E-state index in [0.29, 0.717) is 5.56 Å². The standard InChI is InChI=1S/C14H20N2O5S/c1-10-6-4-5-7-13(10)22(20,21)16(11(2)14(18)19)9-8-15-12(3)17/h4-7,11H,8-9H2,1-3H3,(H,15,17)(H,18,19). The van der Waals surface area contributed by atoms with Gasteiger partial charge in [0.05, 0.1) is 4.90 Å². The van der Waals surface area contributed by atoms with E-state index in [2.05, 4.69) is 5.32 Å². The molecule has 1 amide bonds. The summed E-state index contributed by atoms with van der Waals surface area (Å²) in [7, 11) is -3.97. The van der Waals surface area contributed by atoms with E-state index in [4.69, 9.17) is 5.11 Å². The Morgan fingerprint density at radius 3 is 2.41 bits per heavy atom. The number of nitrogens with zero attached hydrogens (tertiary/aromatic N) is 1. The van der Waals surface area contributed by atoms with Crippen LogP contribution in [0.5, 0.6) is 0 Å². The van der Waals surface area contributed by atoms with Crippen molar-refractivity contribution in [3.8, 4) is 0 Å². The van der Waals surface area contributed by atoms with E-state index in [1.165, 1.54) is 19.9 Å². The summed E-state index contributed by atoms with van der Waals surface area (Å²) in [6.07, 6.45) is 0. The van der Waals surface area contributed by atoms with Crippen LogP contribution in [-0.2, 0) is 19.6 Å². The van der Waals surface area contributed by atoms with E-state index in [1.807, 2.05) is 0 Å². The van der Waals surface area contributed by atoms with Gasteiger partial charge in [0, 0.05) is 20.0 Å². The van der Waals surface area contributed by atoms with E-state index in [1.54, 1.807) is 25.1 Å². The molecule has 0 radical (unpaired) electrons. The molecule has 0 aliphatic carbocycles. The molecule has 0 aliphatic rings. The number of carboxylic acids is 1. The van der Waals surface area contributed by atoms with Gasteiger partial charge < -0.3 is 10.4 Å². The van der Waals surface area contributed by atoms with Crippen LogP contribution in [0.25, 0.3) is 0 Å². The lowest BCUT2D eigenvalue weighted by molar-refractivity contribution is -0.140. The molecule has 8 heteroatoms. The lowest BCUT2D eigenvalue weighted by Gasteiger charge is -2.26. The van der Waals surface area contributed by atoms with Gasteiger partial charge in [0.2, 0.25) is 15.9 Å². The largest absolute Gasteiger partial charge is 0.480 e. The molecule has 2 N–H and O–H groups in total.